The van der Waals surface area contributed by atoms with E-state index in [1.165, 1.54) is 0 Å². The fourth-order valence-corrected chi connectivity index (χ4v) is 1.92. The molecule has 4 heteroatoms. The zero-order valence-corrected chi connectivity index (χ0v) is 12.2. The first-order chi connectivity index (χ1) is 10.6. The Hall–Kier alpha value is -2.88. The standard InChI is InChI=1S/C18H16O4/c1-13-7-5-6-10-15(13)16(19)11-17(20)18(21)22-12-14-8-3-2-4-9-14/h2-11,19H,12H2,1H3. The van der Waals surface area contributed by atoms with E-state index < -0.39 is 11.8 Å². The van der Waals surface area contributed by atoms with E-state index in [-0.39, 0.29) is 12.4 Å². The molecule has 4 nitrogen and oxygen atoms in total. The SMILES string of the molecule is Cc1ccccc1C(O)=CC(=O)C(=O)OCc1ccccc1. The van der Waals surface area contributed by atoms with Crippen molar-refractivity contribution >= 4 is 17.5 Å². The predicted molar refractivity (Wildman–Crippen MR) is 83.0 cm³/mol. The summed E-state index contributed by atoms with van der Waals surface area (Å²) in [5.74, 6) is -2.14. The molecule has 0 amide bonds. The van der Waals surface area contributed by atoms with Crippen molar-refractivity contribution in [2.24, 2.45) is 0 Å². The summed E-state index contributed by atoms with van der Waals surface area (Å²) in [4.78, 5) is 23.4. The summed E-state index contributed by atoms with van der Waals surface area (Å²) in [5.41, 5.74) is 2.10. The number of hydrogen-bond donors (Lipinski definition) is 1. The fourth-order valence-electron chi connectivity index (χ4n) is 1.92. The normalized spacial score (nSPS) is 11.0. The van der Waals surface area contributed by atoms with Crippen LogP contribution in [0.3, 0.4) is 0 Å². The van der Waals surface area contributed by atoms with Gasteiger partial charge < -0.3 is 9.84 Å². The molecule has 1 N–H and O–H groups in total. The van der Waals surface area contributed by atoms with Crippen LogP contribution in [-0.4, -0.2) is 16.9 Å². The minimum atomic E-state index is -0.996. The van der Waals surface area contributed by atoms with Crippen LogP contribution >= 0.6 is 0 Å². The number of carbonyl (C=O) groups is 2. The molecule has 0 aliphatic heterocycles. The maximum atomic E-state index is 11.7. The average molecular weight is 296 g/mol. The van der Waals surface area contributed by atoms with Gasteiger partial charge in [-0.3, -0.25) is 4.79 Å². The van der Waals surface area contributed by atoms with E-state index in [0.717, 1.165) is 17.2 Å². The van der Waals surface area contributed by atoms with Crippen LogP contribution in [0.2, 0.25) is 0 Å². The molecule has 0 aliphatic carbocycles. The van der Waals surface area contributed by atoms with Gasteiger partial charge in [-0.15, -0.1) is 0 Å². The quantitative estimate of drug-likeness (QED) is 0.398. The van der Waals surface area contributed by atoms with Crippen LogP contribution in [0.4, 0.5) is 0 Å². The Morgan fingerprint density at radius 1 is 1.05 bits per heavy atom. The number of ether oxygens (including phenoxy) is 1. The topological polar surface area (TPSA) is 63.6 Å². The lowest BCUT2D eigenvalue weighted by Crippen LogP contribution is -2.15. The first-order valence-corrected chi connectivity index (χ1v) is 6.79. The molecule has 22 heavy (non-hydrogen) atoms. The van der Waals surface area contributed by atoms with Gasteiger partial charge >= 0.3 is 5.97 Å². The molecular formula is C18H16O4. The van der Waals surface area contributed by atoms with Crippen LogP contribution < -0.4 is 0 Å². The van der Waals surface area contributed by atoms with Crippen molar-refractivity contribution in [1.29, 1.82) is 0 Å². The van der Waals surface area contributed by atoms with Crippen LogP contribution in [0, 0.1) is 6.92 Å². The van der Waals surface area contributed by atoms with Gasteiger partial charge in [0.1, 0.15) is 12.4 Å². The number of aliphatic hydroxyl groups is 1. The first-order valence-electron chi connectivity index (χ1n) is 6.79. The molecule has 0 saturated carbocycles. The van der Waals surface area contributed by atoms with Crippen molar-refractivity contribution < 1.29 is 19.4 Å². The number of aryl methyl sites for hydroxylation is 1. The first kappa shape index (κ1) is 15.5. The lowest BCUT2D eigenvalue weighted by atomic mass is 10.1. The highest BCUT2D eigenvalue weighted by molar-refractivity contribution is 6.39. The Balaban J connectivity index is 2.00. The lowest BCUT2D eigenvalue weighted by molar-refractivity contribution is -0.152. The Morgan fingerprint density at radius 3 is 2.36 bits per heavy atom. The maximum absolute atomic E-state index is 11.7. The van der Waals surface area contributed by atoms with Crippen molar-refractivity contribution in [3.05, 3.63) is 77.4 Å². The lowest BCUT2D eigenvalue weighted by Gasteiger charge is -2.05. The summed E-state index contributed by atoms with van der Waals surface area (Å²) in [7, 11) is 0. The van der Waals surface area contributed by atoms with Gasteiger partial charge in [-0.25, -0.2) is 4.79 Å². The van der Waals surface area contributed by atoms with Crippen LogP contribution in [0.15, 0.2) is 60.7 Å². The number of ketones is 1. The largest absolute Gasteiger partial charge is 0.507 e. The molecule has 0 spiro atoms. The van der Waals surface area contributed by atoms with Crippen molar-refractivity contribution in [1.82, 2.24) is 0 Å². The molecule has 0 radical (unpaired) electrons. The van der Waals surface area contributed by atoms with Crippen LogP contribution in [-0.2, 0) is 20.9 Å². The van der Waals surface area contributed by atoms with Gasteiger partial charge in [0.25, 0.3) is 5.78 Å². The summed E-state index contributed by atoms with van der Waals surface area (Å²) >= 11 is 0. The van der Waals surface area contributed by atoms with Crippen molar-refractivity contribution in [3.8, 4) is 0 Å². The minimum Gasteiger partial charge on any atom is -0.507 e. The molecule has 2 aromatic carbocycles. The molecule has 0 saturated heterocycles. The fraction of sp³-hybridized carbons (Fsp3) is 0.111. The molecule has 0 aromatic heterocycles. The van der Waals surface area contributed by atoms with Gasteiger partial charge in [-0.2, -0.15) is 0 Å². The third kappa shape index (κ3) is 4.06. The molecule has 0 heterocycles. The smallest absolute Gasteiger partial charge is 0.379 e. The molecule has 0 fully saturated rings. The van der Waals surface area contributed by atoms with Gasteiger partial charge in [0.05, 0.1) is 0 Å². The summed E-state index contributed by atoms with van der Waals surface area (Å²) < 4.78 is 4.91. The van der Waals surface area contributed by atoms with Gasteiger partial charge in [-0.05, 0) is 18.1 Å². The molecule has 2 aromatic rings. The monoisotopic (exact) mass is 296 g/mol. The second-order valence-electron chi connectivity index (χ2n) is 4.77. The third-order valence-corrected chi connectivity index (χ3v) is 3.10. The van der Waals surface area contributed by atoms with E-state index in [9.17, 15) is 14.7 Å². The second kappa shape index (κ2) is 7.22. The molecule has 0 unspecified atom stereocenters. The Morgan fingerprint density at radius 2 is 1.68 bits per heavy atom. The highest BCUT2D eigenvalue weighted by Gasteiger charge is 2.15. The van der Waals surface area contributed by atoms with Crippen molar-refractivity contribution in [2.45, 2.75) is 13.5 Å². The maximum Gasteiger partial charge on any atom is 0.379 e. The van der Waals surface area contributed by atoms with Crippen LogP contribution in [0.25, 0.3) is 5.76 Å². The van der Waals surface area contributed by atoms with Gasteiger partial charge in [-0.1, -0.05) is 54.6 Å². The van der Waals surface area contributed by atoms with E-state index in [1.54, 1.807) is 37.3 Å². The molecule has 0 atom stereocenters. The average Bonchev–Trinajstić information content (AvgIpc) is 2.53. The Bertz CT molecular complexity index is 702. The number of rotatable bonds is 5. The molecular weight excluding hydrogens is 280 g/mol. The van der Waals surface area contributed by atoms with Crippen molar-refractivity contribution in [2.75, 3.05) is 0 Å². The van der Waals surface area contributed by atoms with Crippen molar-refractivity contribution in [3.63, 3.8) is 0 Å². The second-order valence-corrected chi connectivity index (χ2v) is 4.77. The summed E-state index contributed by atoms with van der Waals surface area (Å²) in [6.07, 6.45) is 0.885. The minimum absolute atomic E-state index is 0.0182. The van der Waals surface area contributed by atoms with E-state index in [4.69, 9.17) is 4.74 Å². The van der Waals surface area contributed by atoms with Gasteiger partial charge in [0, 0.05) is 11.6 Å². The third-order valence-electron chi connectivity index (χ3n) is 3.10. The number of esters is 1. The molecule has 112 valence electrons. The molecule has 0 aliphatic rings. The highest BCUT2D eigenvalue weighted by atomic mass is 16.5. The predicted octanol–water partition coefficient (Wildman–Crippen LogP) is 3.21. The Labute approximate surface area is 128 Å². The summed E-state index contributed by atoms with van der Waals surface area (Å²) in [6, 6.07) is 16.1. The van der Waals surface area contributed by atoms with Crippen LogP contribution in [0.1, 0.15) is 16.7 Å². The van der Waals surface area contributed by atoms with E-state index in [0.29, 0.717) is 5.56 Å². The zero-order valence-electron chi connectivity index (χ0n) is 12.2. The number of benzene rings is 2. The van der Waals surface area contributed by atoms with Crippen LogP contribution in [0.5, 0.6) is 0 Å². The Kier molecular flexibility index (Phi) is 5.09. The molecule has 0 bridgehead atoms. The summed E-state index contributed by atoms with van der Waals surface area (Å²) in [6.45, 7) is 1.82. The molecule has 2 rings (SSSR count). The van der Waals surface area contributed by atoms with Gasteiger partial charge in [0.15, 0.2) is 0 Å². The van der Waals surface area contributed by atoms with Gasteiger partial charge in [0.2, 0.25) is 0 Å². The summed E-state index contributed by atoms with van der Waals surface area (Å²) in [5, 5.41) is 9.94. The number of carbonyl (C=O) groups excluding carboxylic acids is 2. The van der Waals surface area contributed by atoms with E-state index in [2.05, 4.69) is 0 Å². The number of aliphatic hydroxyl groups excluding tert-OH is 1. The van der Waals surface area contributed by atoms with E-state index >= 15 is 0 Å². The number of hydrogen-bond acceptors (Lipinski definition) is 4. The van der Waals surface area contributed by atoms with E-state index in [1.807, 2.05) is 24.3 Å². The zero-order chi connectivity index (χ0) is 15.9. The highest BCUT2D eigenvalue weighted by Crippen LogP contribution is 2.16.